The fourth-order valence-electron chi connectivity index (χ4n) is 18.2. The van der Waals surface area contributed by atoms with Crippen molar-refractivity contribution < 1.29 is 77.7 Å². The van der Waals surface area contributed by atoms with Crippen molar-refractivity contribution in [2.24, 2.45) is 65.5 Å². The number of unbranched alkanes of at least 4 members (excludes halogenated alkanes) is 2. The van der Waals surface area contributed by atoms with Crippen LogP contribution in [0.5, 0.6) is 23.0 Å². The molecule has 108 heavy (non-hydrogen) atoms. The third-order valence-electron chi connectivity index (χ3n) is 26.5. The van der Waals surface area contributed by atoms with E-state index in [9.17, 15) is 38.4 Å². The summed E-state index contributed by atoms with van der Waals surface area (Å²) < 4.78 is 22.7. The van der Waals surface area contributed by atoms with Crippen molar-refractivity contribution in [3.05, 3.63) is 164 Å². The summed E-state index contributed by atoms with van der Waals surface area (Å²) in [6, 6.07) is 24.2. The number of rotatable bonds is 17. The minimum atomic E-state index is -0.994. The van der Waals surface area contributed by atoms with Gasteiger partial charge in [0.05, 0.1) is 44.4 Å². The highest BCUT2D eigenvalue weighted by Gasteiger charge is 2.56. The highest BCUT2D eigenvalue weighted by molar-refractivity contribution is 5.90. The van der Waals surface area contributed by atoms with Crippen LogP contribution in [0.1, 0.15) is 308 Å². The summed E-state index contributed by atoms with van der Waals surface area (Å²) in [6.45, 7) is 42.9. The lowest BCUT2D eigenvalue weighted by atomic mass is 9.64. The molecule has 8 aliphatic carbocycles. The Bertz CT molecular complexity index is 4140. The summed E-state index contributed by atoms with van der Waals surface area (Å²) in [7, 11) is 0. The largest absolute Gasteiger partial charge is 0.478 e. The quantitative estimate of drug-likeness (QED) is 0.0332. The molecule has 16 nitrogen and oxygen atoms in total. The van der Waals surface area contributed by atoms with E-state index in [1.165, 1.54) is 105 Å². The van der Waals surface area contributed by atoms with Crippen LogP contribution in [0.3, 0.4) is 0 Å². The lowest BCUT2D eigenvalue weighted by molar-refractivity contribution is -0.146. The maximum Gasteiger partial charge on any atom is 0.335 e. The Morgan fingerprint density at radius 1 is 0.315 bits per heavy atom. The molecule has 584 valence electrons. The Morgan fingerprint density at radius 3 is 0.824 bits per heavy atom. The van der Waals surface area contributed by atoms with Crippen molar-refractivity contribution >= 4 is 47.8 Å². The first-order valence-electron chi connectivity index (χ1n) is 39.2. The van der Waals surface area contributed by atoms with Crippen LogP contribution in [0.25, 0.3) is 0 Å². The number of esters is 4. The topological polar surface area (TPSA) is 254 Å². The third kappa shape index (κ3) is 18.1. The van der Waals surface area contributed by atoms with Crippen LogP contribution in [0, 0.1) is 65.5 Å². The van der Waals surface area contributed by atoms with Crippen molar-refractivity contribution in [1.82, 2.24) is 0 Å². The molecule has 4 aromatic carbocycles. The van der Waals surface area contributed by atoms with Crippen molar-refractivity contribution in [2.75, 3.05) is 0 Å². The van der Waals surface area contributed by atoms with Gasteiger partial charge < -0.3 is 39.4 Å². The summed E-state index contributed by atoms with van der Waals surface area (Å²) in [4.78, 5) is 96.3. The van der Waals surface area contributed by atoms with Crippen molar-refractivity contribution in [3.63, 3.8) is 0 Å². The predicted molar refractivity (Wildman–Crippen MR) is 419 cm³/mol. The Morgan fingerprint density at radius 2 is 0.556 bits per heavy atom. The highest BCUT2D eigenvalue weighted by Crippen LogP contribution is 2.64. The minimum absolute atomic E-state index is 0.126. The van der Waals surface area contributed by atoms with Gasteiger partial charge in [0.2, 0.25) is 0 Å². The molecule has 0 radical (unpaired) electrons. The van der Waals surface area contributed by atoms with E-state index in [0.717, 1.165) is 135 Å². The number of carboxylic acids is 4. The molecule has 0 saturated carbocycles. The van der Waals surface area contributed by atoms with Gasteiger partial charge in [-0.1, -0.05) is 188 Å². The van der Waals surface area contributed by atoms with Crippen molar-refractivity contribution in [3.8, 4) is 23.0 Å². The van der Waals surface area contributed by atoms with Gasteiger partial charge in [-0.15, -0.1) is 0 Å². The number of aromatic carboxylic acids is 4. The molecule has 0 atom stereocenters. The van der Waals surface area contributed by atoms with Crippen LogP contribution >= 0.6 is 0 Å². The summed E-state index contributed by atoms with van der Waals surface area (Å²) in [5.74, 6) is -3.30. The average molecular weight is 1480 g/mol. The van der Waals surface area contributed by atoms with Gasteiger partial charge in [-0.05, 0) is 263 Å². The van der Waals surface area contributed by atoms with Crippen LogP contribution in [0.15, 0.2) is 142 Å². The van der Waals surface area contributed by atoms with E-state index in [1.807, 2.05) is 6.92 Å². The SMILES string of the molecule is CC1(C)CCC(C)(C)C2=C1CC(C(=O)Oc1ccc(C(=O)O)cc1)C2.CC1(C)CCC(C)(C)C2=C1CC(C)(C(=O)Oc1ccc(C(=O)O)cc1)C2.CCC1(C(=O)Oc2ccc(C(=O)O)cc2)CC2=C(C1)C(C)(C)CCC2(C)C.CCCCCC1(C(=O)Oc2ccc(C(=O)O)cc2)CC2=C(C1)C(C)(C)CCC2(C)C. The standard InChI is InChI=1S/C26H36O4.C23H30O4.C22H28O4.C21H26O4/c1-6-7-8-13-26(23(29)30-19-11-9-18(10-12-19)22(27)28)16-20-21(17-26)25(4,5)15-14-24(20,2)3;1-6-23(20(26)27-16-9-7-15(8-10-16)19(24)25)13-17-18(14-23)22(4,5)12-11-21(17,2)3;1-20(2)10-11-21(3,4)17-13-22(5,12-16(17)20)19(25)26-15-8-6-14(7-9-15)18(23)24;1-20(2)9-10-21(3,4)17-12-14(11-16(17)20)19(24)25-15-7-5-13(6-8-15)18(22)23/h9-12H,6-8,13-17H2,1-5H3,(H,27,28);7-10H,6,11-14H2,1-5H3,(H,24,25);6-9H,10-13H2,1-5H3,(H,23,24);5-8,14H,9-12H2,1-4H3,(H,22,23). The molecule has 0 fully saturated rings. The zero-order valence-corrected chi connectivity index (χ0v) is 67.9. The first-order chi connectivity index (χ1) is 50.1. The van der Waals surface area contributed by atoms with Crippen LogP contribution in [0.4, 0.5) is 0 Å². The zero-order valence-electron chi connectivity index (χ0n) is 67.9. The van der Waals surface area contributed by atoms with E-state index in [1.54, 1.807) is 36.4 Å². The molecule has 0 heterocycles. The summed E-state index contributed by atoms with van der Waals surface area (Å²) >= 11 is 0. The lowest BCUT2D eigenvalue weighted by Crippen LogP contribution is -2.34. The molecular formula is C92H120O16. The first-order valence-corrected chi connectivity index (χ1v) is 39.2. The van der Waals surface area contributed by atoms with Crippen LogP contribution in [0.2, 0.25) is 0 Å². The second-order valence-corrected chi connectivity index (χ2v) is 37.9. The van der Waals surface area contributed by atoms with E-state index >= 15 is 0 Å². The van der Waals surface area contributed by atoms with Gasteiger partial charge in [-0.2, -0.15) is 0 Å². The summed E-state index contributed by atoms with van der Waals surface area (Å²) in [5, 5.41) is 36.0. The van der Waals surface area contributed by atoms with Gasteiger partial charge in [0.15, 0.2) is 0 Å². The number of carboxylic acid groups (broad SMARTS) is 4. The molecule has 12 rings (SSSR count). The molecule has 4 N–H and O–H groups in total. The number of allylic oxidation sites excluding steroid dienone is 8. The normalized spacial score (nSPS) is 22.0. The molecule has 0 amide bonds. The van der Waals surface area contributed by atoms with Crippen molar-refractivity contribution in [2.45, 2.75) is 266 Å². The number of hydrogen-bond acceptors (Lipinski definition) is 12. The smallest absolute Gasteiger partial charge is 0.335 e. The molecule has 0 spiro atoms. The number of hydrogen-bond donors (Lipinski definition) is 4. The summed E-state index contributed by atoms with van der Waals surface area (Å²) in [5.41, 5.74) is 11.8. The third-order valence-corrected chi connectivity index (χ3v) is 26.5. The predicted octanol–water partition coefficient (Wildman–Crippen LogP) is 22.5. The van der Waals surface area contributed by atoms with Crippen LogP contribution < -0.4 is 18.9 Å². The lowest BCUT2D eigenvalue weighted by Gasteiger charge is -2.41. The molecule has 0 saturated heterocycles. The average Bonchev–Trinajstić information content (AvgIpc) is 1.59. The van der Waals surface area contributed by atoms with Crippen LogP contribution in [-0.2, 0) is 19.2 Å². The monoisotopic (exact) mass is 1480 g/mol. The van der Waals surface area contributed by atoms with Gasteiger partial charge in [0.1, 0.15) is 23.0 Å². The Kier molecular flexibility index (Phi) is 24.1. The van der Waals surface area contributed by atoms with Gasteiger partial charge in [-0.3, -0.25) is 19.2 Å². The van der Waals surface area contributed by atoms with Gasteiger partial charge in [-0.25, -0.2) is 19.2 Å². The van der Waals surface area contributed by atoms with Gasteiger partial charge in [0, 0.05) is 0 Å². The minimum Gasteiger partial charge on any atom is -0.478 e. The van der Waals surface area contributed by atoms with Crippen LogP contribution in [-0.4, -0.2) is 68.2 Å². The molecule has 0 aromatic heterocycles. The number of carbonyl (C=O) groups excluding carboxylic acids is 4. The van der Waals surface area contributed by atoms with E-state index < -0.39 is 40.1 Å². The molecule has 0 bridgehead atoms. The Labute approximate surface area is 641 Å². The van der Waals surface area contributed by atoms with E-state index in [2.05, 4.69) is 125 Å². The Balaban J connectivity index is 0.000000166. The number of benzene rings is 4. The summed E-state index contributed by atoms with van der Waals surface area (Å²) in [6.07, 6.45) is 20.1. The van der Waals surface area contributed by atoms with Gasteiger partial charge in [0.25, 0.3) is 0 Å². The second kappa shape index (κ2) is 31.2. The van der Waals surface area contributed by atoms with Crippen molar-refractivity contribution in [1.29, 1.82) is 0 Å². The molecule has 4 aromatic rings. The van der Waals surface area contributed by atoms with E-state index in [-0.39, 0.29) is 95.4 Å². The molecular weight excluding hydrogens is 1360 g/mol. The maximum absolute atomic E-state index is 13.5. The first kappa shape index (κ1) is 83.6. The number of ether oxygens (including phenoxy) is 4. The molecule has 16 heteroatoms. The van der Waals surface area contributed by atoms with E-state index in [4.69, 9.17) is 39.4 Å². The molecule has 8 aliphatic rings. The fourth-order valence-corrected chi connectivity index (χ4v) is 18.2. The second-order valence-electron chi connectivity index (χ2n) is 37.9. The maximum atomic E-state index is 13.5. The number of carbonyl (C=O) groups is 8. The highest BCUT2D eigenvalue weighted by atomic mass is 16.6. The zero-order chi connectivity index (χ0) is 79.9. The Hall–Kier alpha value is -8.40. The van der Waals surface area contributed by atoms with E-state index in [0.29, 0.717) is 23.0 Å². The molecule has 0 aliphatic heterocycles. The molecule has 0 unspecified atom stereocenters. The fraction of sp³-hybridized carbons (Fsp3) is 0.565. The van der Waals surface area contributed by atoms with Gasteiger partial charge >= 0.3 is 47.8 Å².